The van der Waals surface area contributed by atoms with Crippen LogP contribution in [0.5, 0.6) is 0 Å². The summed E-state index contributed by atoms with van der Waals surface area (Å²) in [4.78, 5) is 4.51. The van der Waals surface area contributed by atoms with E-state index in [2.05, 4.69) is 48.0 Å². The Morgan fingerprint density at radius 3 is 1.06 bits per heavy atom. The lowest BCUT2D eigenvalue weighted by Crippen LogP contribution is -2.31. The minimum Gasteiger partial charge on any atom is -0.330 e. The predicted molar refractivity (Wildman–Crippen MR) is 212 cm³/mol. The van der Waals surface area contributed by atoms with Crippen molar-refractivity contribution >= 4 is 15.2 Å². The van der Waals surface area contributed by atoms with Crippen molar-refractivity contribution < 1.29 is 27.2 Å². The van der Waals surface area contributed by atoms with Crippen LogP contribution in [0, 0.1) is 0 Å². The van der Waals surface area contributed by atoms with Gasteiger partial charge >= 0.3 is 15.2 Å². The molecular formula is C36H78N6O6P2. The third kappa shape index (κ3) is 30.0. The number of nitrogens with two attached hydrogens (primary N) is 4. The van der Waals surface area contributed by atoms with E-state index in [-0.39, 0.29) is 0 Å². The van der Waals surface area contributed by atoms with Crippen molar-refractivity contribution in [1.29, 1.82) is 0 Å². The molecule has 14 heteroatoms. The Bertz CT molecular complexity index is 815. The maximum absolute atomic E-state index is 13.8. The summed E-state index contributed by atoms with van der Waals surface area (Å²) < 4.78 is 51.4. The highest BCUT2D eigenvalue weighted by atomic mass is 31.2. The first-order chi connectivity index (χ1) is 24.3. The van der Waals surface area contributed by atoms with E-state index in [4.69, 9.17) is 41.0 Å². The Hall–Kier alpha value is -0.460. The summed E-state index contributed by atoms with van der Waals surface area (Å²) in [5.74, 6) is 0. The van der Waals surface area contributed by atoms with Gasteiger partial charge in [-0.2, -0.15) is 0 Å². The lowest BCUT2D eigenvalue weighted by molar-refractivity contribution is 0.187. The highest BCUT2D eigenvalue weighted by Gasteiger charge is 2.27. The van der Waals surface area contributed by atoms with Gasteiger partial charge in [0, 0.05) is 13.1 Å². The first-order valence-electron chi connectivity index (χ1n) is 19.6. The van der Waals surface area contributed by atoms with Gasteiger partial charge in [-0.25, -0.2) is 0 Å². The summed E-state index contributed by atoms with van der Waals surface area (Å²) in [6.45, 7) is 12.9. The largest absolute Gasteiger partial charge is 0.331 e. The van der Waals surface area contributed by atoms with Crippen molar-refractivity contribution in [2.75, 3.05) is 104 Å². The molecule has 0 spiro atoms. The zero-order valence-corrected chi connectivity index (χ0v) is 33.9. The van der Waals surface area contributed by atoms with Gasteiger partial charge in [0.2, 0.25) is 0 Å². The molecule has 0 saturated heterocycles. The molecule has 12 nitrogen and oxygen atoms in total. The normalized spacial score (nSPS) is 14.8. The summed E-state index contributed by atoms with van der Waals surface area (Å²) >= 11 is 0. The van der Waals surface area contributed by atoms with Crippen LogP contribution < -0.4 is 22.9 Å². The van der Waals surface area contributed by atoms with Crippen molar-refractivity contribution in [2.45, 2.75) is 104 Å². The maximum Gasteiger partial charge on any atom is 0.331 e. The third-order valence-corrected chi connectivity index (χ3v) is 11.9. The quantitative estimate of drug-likeness (QED) is 0.0305. The molecule has 0 amide bonds. The Kier molecular flexibility index (Phi) is 35.2. The van der Waals surface area contributed by atoms with E-state index in [1.807, 2.05) is 0 Å². The third-order valence-electron chi connectivity index (χ3n) is 8.12. The zero-order chi connectivity index (χ0) is 37.0. The second-order valence-corrected chi connectivity index (χ2v) is 17.1. The number of hydrogen-bond acceptors (Lipinski definition) is 12. The molecule has 0 aliphatic carbocycles. The van der Waals surface area contributed by atoms with E-state index in [9.17, 15) is 9.13 Å². The Morgan fingerprint density at radius 1 is 0.440 bits per heavy atom. The molecule has 0 aromatic carbocycles. The van der Waals surface area contributed by atoms with Crippen molar-refractivity contribution in [1.82, 2.24) is 9.80 Å². The summed E-state index contributed by atoms with van der Waals surface area (Å²) in [7, 11) is -6.51. The van der Waals surface area contributed by atoms with E-state index < -0.39 is 15.2 Å². The van der Waals surface area contributed by atoms with Crippen LogP contribution in [0.4, 0.5) is 0 Å². The number of allylic oxidation sites excluding steroid dienone is 4. The molecule has 0 heterocycles. The molecule has 0 aliphatic heterocycles. The van der Waals surface area contributed by atoms with Crippen molar-refractivity contribution in [2.24, 2.45) is 22.9 Å². The summed E-state index contributed by atoms with van der Waals surface area (Å²) in [6.07, 6.45) is 21.4. The monoisotopic (exact) mass is 753 g/mol. The molecular weight excluding hydrogens is 674 g/mol. The van der Waals surface area contributed by atoms with Gasteiger partial charge in [0.1, 0.15) is 0 Å². The average molecular weight is 753 g/mol. The molecule has 0 bridgehead atoms. The van der Waals surface area contributed by atoms with Gasteiger partial charge in [0.15, 0.2) is 0 Å². The molecule has 0 rings (SSSR count). The van der Waals surface area contributed by atoms with Crippen LogP contribution in [0.15, 0.2) is 24.3 Å². The fourth-order valence-electron chi connectivity index (χ4n) is 5.13. The van der Waals surface area contributed by atoms with Crippen LogP contribution >= 0.6 is 15.2 Å². The van der Waals surface area contributed by atoms with Gasteiger partial charge in [-0.15, -0.1) is 0 Å². The van der Waals surface area contributed by atoms with Gasteiger partial charge in [-0.1, -0.05) is 51.0 Å². The molecule has 0 aliphatic rings. The van der Waals surface area contributed by atoms with E-state index in [0.717, 1.165) is 116 Å². The van der Waals surface area contributed by atoms with Gasteiger partial charge < -0.3 is 50.8 Å². The zero-order valence-electron chi connectivity index (χ0n) is 32.1. The molecule has 298 valence electrons. The number of rotatable bonds is 39. The van der Waals surface area contributed by atoms with Crippen LogP contribution in [0.3, 0.4) is 0 Å². The van der Waals surface area contributed by atoms with Gasteiger partial charge in [0.25, 0.3) is 0 Å². The smallest absolute Gasteiger partial charge is 0.330 e. The Labute approximate surface area is 306 Å². The summed E-state index contributed by atoms with van der Waals surface area (Å²) in [6, 6.07) is 0. The van der Waals surface area contributed by atoms with Crippen LogP contribution in [-0.4, -0.2) is 114 Å². The van der Waals surface area contributed by atoms with E-state index in [1.54, 1.807) is 0 Å². The summed E-state index contributed by atoms with van der Waals surface area (Å²) in [5, 5.41) is 0. The SMILES string of the molecule is CC/C=C\CCCOP(=O)(CCN(CCCN)CCCN)OCCCCCCOP(=O)(CCN(CCCN)CCCN)OCCC/C=C\CC. The molecule has 0 aromatic rings. The molecule has 0 aromatic heterocycles. The van der Waals surface area contributed by atoms with Crippen molar-refractivity contribution in [3.05, 3.63) is 24.3 Å². The fourth-order valence-corrected chi connectivity index (χ4v) is 8.48. The standard InChI is InChI=1S/C36H78N6O6P2/c1-3-5-7-9-13-31-45-49(43,35-29-41(25-17-21-37)26-18-22-38)47-33-15-11-12-16-34-48-50(44,46-32-14-10-8-6-4-2)36-30-42(27-19-23-39)28-20-24-40/h5-8H,3-4,9-40H2,1-2H3/b7-5-,8-6-. The molecule has 0 saturated carbocycles. The van der Waals surface area contributed by atoms with Crippen molar-refractivity contribution in [3.63, 3.8) is 0 Å². The lowest BCUT2D eigenvalue weighted by atomic mass is 10.2. The average Bonchev–Trinajstić information content (AvgIpc) is 3.12. The van der Waals surface area contributed by atoms with Crippen LogP contribution in [0.2, 0.25) is 0 Å². The molecule has 0 radical (unpaired) electrons. The Morgan fingerprint density at radius 2 is 0.760 bits per heavy atom. The minimum absolute atomic E-state index is 0.348. The number of unbranched alkanes of at least 4 members (excludes halogenated alkanes) is 5. The molecule has 2 atom stereocenters. The highest BCUT2D eigenvalue weighted by molar-refractivity contribution is 7.54. The fraction of sp³-hybridized carbons (Fsp3) is 0.889. The van der Waals surface area contributed by atoms with Gasteiger partial charge in [0.05, 0.1) is 38.8 Å². The number of hydrogen-bond donors (Lipinski definition) is 4. The number of nitrogens with zero attached hydrogens (tertiary/aromatic N) is 2. The second-order valence-electron chi connectivity index (χ2n) is 12.7. The minimum atomic E-state index is -3.26. The molecule has 50 heavy (non-hydrogen) atoms. The van der Waals surface area contributed by atoms with Crippen LogP contribution in [0.25, 0.3) is 0 Å². The topological polar surface area (TPSA) is 182 Å². The highest BCUT2D eigenvalue weighted by Crippen LogP contribution is 2.49. The predicted octanol–water partition coefficient (Wildman–Crippen LogP) is 6.49. The lowest BCUT2D eigenvalue weighted by Gasteiger charge is -2.25. The van der Waals surface area contributed by atoms with Crippen LogP contribution in [-0.2, 0) is 27.2 Å². The first-order valence-corrected chi connectivity index (χ1v) is 23.1. The van der Waals surface area contributed by atoms with Crippen molar-refractivity contribution in [3.8, 4) is 0 Å². The van der Waals surface area contributed by atoms with E-state index in [0.29, 0.717) is 78.0 Å². The maximum atomic E-state index is 13.8. The van der Waals surface area contributed by atoms with E-state index in [1.165, 1.54) is 0 Å². The molecule has 2 unspecified atom stereocenters. The first kappa shape index (κ1) is 49.5. The molecule has 8 N–H and O–H groups in total. The van der Waals surface area contributed by atoms with E-state index >= 15 is 0 Å². The summed E-state index contributed by atoms with van der Waals surface area (Å²) in [5.41, 5.74) is 23.0. The van der Waals surface area contributed by atoms with Gasteiger partial charge in [-0.05, 0) is 129 Å². The van der Waals surface area contributed by atoms with Gasteiger partial charge in [-0.3, -0.25) is 9.13 Å². The molecule has 0 fully saturated rings. The second kappa shape index (κ2) is 35.6. The Balaban J connectivity index is 4.94. The van der Waals surface area contributed by atoms with Crippen LogP contribution in [0.1, 0.15) is 104 Å².